The van der Waals surface area contributed by atoms with Gasteiger partial charge < -0.3 is 15.2 Å². The molecule has 178 valence electrons. The SMILES string of the molecule is COc1ccc(OC)c(/C=N\NC(=O)c2nnn(-c3nonc3N)c2-c2ccc([N+](=O)[O-])cc2)c1. The van der Waals surface area contributed by atoms with Crippen LogP contribution in [0.15, 0.2) is 52.2 Å². The number of carbonyl (C=O) groups excluding carboxylic acids is 1. The Balaban J connectivity index is 1.69. The van der Waals surface area contributed by atoms with Crippen molar-refractivity contribution in [1.82, 2.24) is 30.7 Å². The predicted molar refractivity (Wildman–Crippen MR) is 120 cm³/mol. The number of nitrogens with zero attached hydrogens (tertiary/aromatic N) is 7. The number of nitrogen functional groups attached to an aromatic ring is 1. The molecule has 0 saturated heterocycles. The molecule has 0 saturated carbocycles. The number of rotatable bonds is 8. The summed E-state index contributed by atoms with van der Waals surface area (Å²) < 4.78 is 16.2. The summed E-state index contributed by atoms with van der Waals surface area (Å²) in [6, 6.07) is 10.5. The predicted octanol–water partition coefficient (Wildman–Crippen LogP) is 1.59. The minimum atomic E-state index is -0.724. The molecule has 4 rings (SSSR count). The van der Waals surface area contributed by atoms with E-state index in [1.807, 2.05) is 0 Å². The van der Waals surface area contributed by atoms with Crippen molar-refractivity contribution in [3.8, 4) is 28.6 Å². The average Bonchev–Trinajstić information content (AvgIpc) is 3.49. The minimum absolute atomic E-state index is 0.0190. The topological polar surface area (TPSA) is 199 Å². The lowest BCUT2D eigenvalue weighted by molar-refractivity contribution is -0.384. The molecule has 0 radical (unpaired) electrons. The number of nitro benzene ring substituents is 1. The van der Waals surface area contributed by atoms with Crippen LogP contribution in [0.5, 0.6) is 11.5 Å². The summed E-state index contributed by atoms with van der Waals surface area (Å²) in [6.07, 6.45) is 1.37. The molecule has 0 fully saturated rings. The lowest BCUT2D eigenvalue weighted by Crippen LogP contribution is -2.19. The van der Waals surface area contributed by atoms with Crippen LogP contribution in [-0.2, 0) is 0 Å². The van der Waals surface area contributed by atoms with Crippen LogP contribution >= 0.6 is 0 Å². The Hall–Kier alpha value is -5.34. The summed E-state index contributed by atoms with van der Waals surface area (Å²) in [4.78, 5) is 23.4. The zero-order valence-electron chi connectivity index (χ0n) is 18.3. The third-order valence-electron chi connectivity index (χ3n) is 4.74. The highest BCUT2D eigenvalue weighted by Crippen LogP contribution is 2.28. The molecule has 0 unspecified atom stereocenters. The number of aromatic nitrogens is 5. The second-order valence-corrected chi connectivity index (χ2v) is 6.78. The average molecular weight is 479 g/mol. The van der Waals surface area contributed by atoms with Crippen molar-refractivity contribution in [2.75, 3.05) is 20.0 Å². The van der Waals surface area contributed by atoms with E-state index in [2.05, 4.69) is 35.8 Å². The van der Waals surface area contributed by atoms with Crippen LogP contribution in [0, 0.1) is 10.1 Å². The van der Waals surface area contributed by atoms with Crippen LogP contribution < -0.4 is 20.6 Å². The van der Waals surface area contributed by atoms with Gasteiger partial charge in [-0.05, 0) is 40.6 Å². The van der Waals surface area contributed by atoms with Gasteiger partial charge in [0.2, 0.25) is 11.6 Å². The molecule has 35 heavy (non-hydrogen) atoms. The van der Waals surface area contributed by atoms with E-state index >= 15 is 0 Å². The first-order valence-electron chi connectivity index (χ1n) is 9.77. The zero-order chi connectivity index (χ0) is 24.9. The molecule has 0 atom stereocenters. The highest BCUT2D eigenvalue weighted by atomic mass is 16.6. The lowest BCUT2D eigenvalue weighted by atomic mass is 10.1. The first-order chi connectivity index (χ1) is 16.9. The number of nitrogens with two attached hydrogens (primary N) is 1. The van der Waals surface area contributed by atoms with Gasteiger partial charge in [0, 0.05) is 23.3 Å². The summed E-state index contributed by atoms with van der Waals surface area (Å²) in [5.74, 6) is 0.233. The second-order valence-electron chi connectivity index (χ2n) is 6.78. The number of methoxy groups -OCH3 is 2. The van der Waals surface area contributed by atoms with E-state index in [0.29, 0.717) is 22.6 Å². The number of non-ortho nitro benzene ring substituents is 1. The number of hydrazone groups is 1. The fourth-order valence-corrected chi connectivity index (χ4v) is 3.07. The fourth-order valence-electron chi connectivity index (χ4n) is 3.07. The summed E-state index contributed by atoms with van der Waals surface area (Å²) in [6.45, 7) is 0. The van der Waals surface area contributed by atoms with Gasteiger partial charge in [-0.15, -0.1) is 5.10 Å². The van der Waals surface area contributed by atoms with Crippen LogP contribution in [0.4, 0.5) is 11.5 Å². The molecular formula is C20H17N9O6. The first kappa shape index (κ1) is 22.8. The third kappa shape index (κ3) is 4.58. The number of hydrogen-bond donors (Lipinski definition) is 2. The highest BCUT2D eigenvalue weighted by molar-refractivity contribution is 5.99. The van der Waals surface area contributed by atoms with Crippen molar-refractivity contribution in [3.63, 3.8) is 0 Å². The Morgan fingerprint density at radius 2 is 1.97 bits per heavy atom. The Labute approximate surface area is 196 Å². The molecule has 0 aliphatic rings. The zero-order valence-corrected chi connectivity index (χ0v) is 18.3. The molecule has 2 heterocycles. The molecule has 15 heteroatoms. The van der Waals surface area contributed by atoms with Gasteiger partial charge in [-0.3, -0.25) is 14.9 Å². The number of anilines is 1. The van der Waals surface area contributed by atoms with Crippen LogP contribution in [-0.4, -0.2) is 56.6 Å². The molecule has 2 aromatic heterocycles. The van der Waals surface area contributed by atoms with Crippen molar-refractivity contribution in [3.05, 3.63) is 63.8 Å². The number of nitro groups is 1. The normalized spacial score (nSPS) is 10.9. The van der Waals surface area contributed by atoms with E-state index in [1.165, 1.54) is 44.7 Å². The van der Waals surface area contributed by atoms with Crippen molar-refractivity contribution in [1.29, 1.82) is 0 Å². The molecule has 15 nitrogen and oxygen atoms in total. The largest absolute Gasteiger partial charge is 0.497 e. The van der Waals surface area contributed by atoms with E-state index in [4.69, 9.17) is 15.2 Å². The fraction of sp³-hybridized carbons (Fsp3) is 0.100. The van der Waals surface area contributed by atoms with Gasteiger partial charge in [-0.1, -0.05) is 5.21 Å². The number of nitrogens with one attached hydrogen (secondary N) is 1. The van der Waals surface area contributed by atoms with Crippen molar-refractivity contribution >= 4 is 23.6 Å². The van der Waals surface area contributed by atoms with Crippen LogP contribution in [0.25, 0.3) is 17.1 Å². The minimum Gasteiger partial charge on any atom is -0.497 e. The maximum absolute atomic E-state index is 13.0. The molecule has 3 N–H and O–H groups in total. The van der Waals surface area contributed by atoms with Gasteiger partial charge in [-0.2, -0.15) is 9.78 Å². The van der Waals surface area contributed by atoms with Gasteiger partial charge in [0.25, 0.3) is 11.6 Å². The van der Waals surface area contributed by atoms with Gasteiger partial charge in [-0.25, -0.2) is 10.1 Å². The van der Waals surface area contributed by atoms with Gasteiger partial charge in [0.05, 0.1) is 25.4 Å². The first-order valence-corrected chi connectivity index (χ1v) is 9.77. The molecule has 0 aliphatic heterocycles. The highest BCUT2D eigenvalue weighted by Gasteiger charge is 2.25. The third-order valence-corrected chi connectivity index (χ3v) is 4.74. The van der Waals surface area contributed by atoms with E-state index < -0.39 is 10.8 Å². The summed E-state index contributed by atoms with van der Waals surface area (Å²) in [5.41, 5.74) is 8.89. The maximum atomic E-state index is 13.0. The molecular weight excluding hydrogens is 462 g/mol. The molecule has 4 aromatic rings. The number of hydrogen-bond acceptors (Lipinski definition) is 12. The van der Waals surface area contributed by atoms with E-state index in [9.17, 15) is 14.9 Å². The summed E-state index contributed by atoms with van der Waals surface area (Å²) >= 11 is 0. The Bertz CT molecular complexity index is 1410. The number of benzene rings is 2. The van der Waals surface area contributed by atoms with Crippen molar-refractivity contribution < 1.29 is 23.8 Å². The van der Waals surface area contributed by atoms with Crippen LogP contribution in [0.1, 0.15) is 16.1 Å². The molecule has 0 spiro atoms. The lowest BCUT2D eigenvalue weighted by Gasteiger charge is -2.07. The second kappa shape index (κ2) is 9.65. The standard InChI is InChI=1S/C20H17N9O6/c1-33-14-7-8-15(34-2)12(9-14)10-22-24-20(30)16-17(11-3-5-13(6-4-11)29(31)32)28(27-23-16)19-18(21)25-35-26-19/h3-10H,1-2H3,(H2,21,25)(H,24,30)/b22-10-. The quantitative estimate of drug-likeness (QED) is 0.211. The maximum Gasteiger partial charge on any atom is 0.294 e. The number of amides is 1. The Morgan fingerprint density at radius 3 is 2.60 bits per heavy atom. The summed E-state index contributed by atoms with van der Waals surface area (Å²) in [7, 11) is 3.02. The molecule has 2 aromatic carbocycles. The van der Waals surface area contributed by atoms with Crippen LogP contribution in [0.2, 0.25) is 0 Å². The van der Waals surface area contributed by atoms with Crippen LogP contribution in [0.3, 0.4) is 0 Å². The van der Waals surface area contributed by atoms with E-state index in [-0.39, 0.29) is 28.7 Å². The smallest absolute Gasteiger partial charge is 0.294 e. The van der Waals surface area contributed by atoms with Crippen molar-refractivity contribution in [2.45, 2.75) is 0 Å². The summed E-state index contributed by atoms with van der Waals surface area (Å²) in [5, 5.41) is 30.0. The number of carbonyl (C=O) groups is 1. The monoisotopic (exact) mass is 479 g/mol. The van der Waals surface area contributed by atoms with E-state index in [0.717, 1.165) is 4.68 Å². The Kier molecular flexibility index (Phi) is 6.30. The Morgan fingerprint density at radius 1 is 1.20 bits per heavy atom. The molecule has 0 bridgehead atoms. The van der Waals surface area contributed by atoms with Gasteiger partial charge in [0.15, 0.2) is 5.69 Å². The number of ether oxygens (including phenoxy) is 2. The van der Waals surface area contributed by atoms with Gasteiger partial charge >= 0.3 is 0 Å². The van der Waals surface area contributed by atoms with E-state index in [1.54, 1.807) is 18.2 Å². The van der Waals surface area contributed by atoms with Crippen molar-refractivity contribution in [2.24, 2.45) is 5.10 Å². The molecule has 0 aliphatic carbocycles. The molecule has 1 amide bonds. The van der Waals surface area contributed by atoms with Gasteiger partial charge in [0.1, 0.15) is 17.2 Å².